The topological polar surface area (TPSA) is 127 Å². The van der Waals surface area contributed by atoms with E-state index in [4.69, 9.17) is 11.5 Å². The minimum absolute atomic E-state index is 0.175. The zero-order chi connectivity index (χ0) is 12.0. The molecule has 0 heterocycles. The highest BCUT2D eigenvalue weighted by Crippen LogP contribution is 2.38. The summed E-state index contributed by atoms with van der Waals surface area (Å²) in [5.74, 6) is -2.36. The Balaban J connectivity index is 2.87. The number of carbonyl (C=O) groups excluding carboxylic acids is 2. The van der Waals surface area contributed by atoms with Gasteiger partial charge in [-0.25, -0.2) is 0 Å². The standard InChI is InChI=1S/C10H8N2O4/c11-3-1-5(13)7-8(9(3)15)6(14)2-4(12)10(7)16/h1-2,13,15H,11-12H2. The van der Waals surface area contributed by atoms with Crippen molar-refractivity contribution in [3.05, 3.63) is 29.0 Å². The molecule has 0 atom stereocenters. The van der Waals surface area contributed by atoms with Gasteiger partial charge in [0.1, 0.15) is 5.75 Å². The van der Waals surface area contributed by atoms with Gasteiger partial charge >= 0.3 is 0 Å². The summed E-state index contributed by atoms with van der Waals surface area (Å²) in [6.45, 7) is 0. The molecule has 6 N–H and O–H groups in total. The predicted octanol–water partition coefficient (Wildman–Crippen LogP) is -0.0984. The van der Waals surface area contributed by atoms with E-state index >= 15 is 0 Å². The van der Waals surface area contributed by atoms with Crippen LogP contribution in [0.3, 0.4) is 0 Å². The Hall–Kier alpha value is -2.50. The third-order valence-corrected chi connectivity index (χ3v) is 2.33. The van der Waals surface area contributed by atoms with Crippen LogP contribution in [0, 0.1) is 0 Å². The van der Waals surface area contributed by atoms with Crippen LogP contribution in [-0.4, -0.2) is 21.8 Å². The van der Waals surface area contributed by atoms with Crippen molar-refractivity contribution in [3.63, 3.8) is 0 Å². The highest BCUT2D eigenvalue weighted by atomic mass is 16.3. The summed E-state index contributed by atoms with van der Waals surface area (Å²) in [7, 11) is 0. The summed E-state index contributed by atoms with van der Waals surface area (Å²) in [6, 6.07) is 0.998. The summed E-state index contributed by atoms with van der Waals surface area (Å²) in [5.41, 5.74) is 9.60. The lowest BCUT2D eigenvalue weighted by Gasteiger charge is -2.16. The lowest BCUT2D eigenvalue weighted by atomic mass is 9.90. The fourth-order valence-electron chi connectivity index (χ4n) is 1.57. The minimum Gasteiger partial charge on any atom is -0.507 e. The largest absolute Gasteiger partial charge is 0.507 e. The number of nitrogen functional groups attached to an aromatic ring is 1. The van der Waals surface area contributed by atoms with E-state index < -0.39 is 23.1 Å². The number of phenolic OH excluding ortho intramolecular Hbond substituents is 2. The number of carbonyl (C=O) groups is 2. The van der Waals surface area contributed by atoms with Crippen LogP contribution in [0.1, 0.15) is 20.7 Å². The molecule has 0 saturated heterocycles. The Bertz CT molecular complexity index is 560. The molecule has 6 heteroatoms. The van der Waals surface area contributed by atoms with Gasteiger partial charge in [0.15, 0.2) is 11.5 Å². The number of anilines is 1. The monoisotopic (exact) mass is 220 g/mol. The van der Waals surface area contributed by atoms with E-state index in [9.17, 15) is 19.8 Å². The Kier molecular flexibility index (Phi) is 1.88. The van der Waals surface area contributed by atoms with Gasteiger partial charge in [-0.05, 0) is 0 Å². The van der Waals surface area contributed by atoms with Crippen LogP contribution >= 0.6 is 0 Å². The number of aromatic hydroxyl groups is 2. The zero-order valence-electron chi connectivity index (χ0n) is 8.02. The number of allylic oxidation sites excluding steroid dienone is 2. The van der Waals surface area contributed by atoms with Crippen LogP contribution in [0.4, 0.5) is 5.69 Å². The summed E-state index contributed by atoms with van der Waals surface area (Å²) < 4.78 is 0. The van der Waals surface area contributed by atoms with Crippen molar-refractivity contribution >= 4 is 17.3 Å². The smallest absolute Gasteiger partial charge is 0.213 e. The molecule has 2 rings (SSSR count). The Morgan fingerprint density at radius 3 is 2.31 bits per heavy atom. The van der Waals surface area contributed by atoms with E-state index in [-0.39, 0.29) is 22.5 Å². The van der Waals surface area contributed by atoms with Crippen molar-refractivity contribution in [2.45, 2.75) is 0 Å². The quantitative estimate of drug-likeness (QED) is 0.275. The van der Waals surface area contributed by atoms with Crippen molar-refractivity contribution in [2.75, 3.05) is 5.73 Å². The first-order valence-electron chi connectivity index (χ1n) is 4.34. The van der Waals surface area contributed by atoms with E-state index in [1.54, 1.807) is 0 Å². The molecule has 82 valence electrons. The molecule has 0 unspecified atom stereocenters. The maximum absolute atomic E-state index is 11.6. The molecule has 0 amide bonds. The molecule has 0 aromatic heterocycles. The number of ketones is 2. The third-order valence-electron chi connectivity index (χ3n) is 2.33. The van der Waals surface area contributed by atoms with Crippen LogP contribution in [0.25, 0.3) is 0 Å². The molecular weight excluding hydrogens is 212 g/mol. The van der Waals surface area contributed by atoms with Gasteiger partial charge in [0, 0.05) is 12.1 Å². The molecule has 0 fully saturated rings. The number of hydrogen-bond acceptors (Lipinski definition) is 6. The van der Waals surface area contributed by atoms with Crippen LogP contribution in [-0.2, 0) is 0 Å². The number of nitrogens with two attached hydrogens (primary N) is 2. The fraction of sp³-hybridized carbons (Fsp3) is 0. The summed E-state index contributed by atoms with van der Waals surface area (Å²) in [5, 5.41) is 19.1. The second-order valence-corrected chi connectivity index (χ2v) is 3.38. The lowest BCUT2D eigenvalue weighted by molar-refractivity contribution is 0.0978. The predicted molar refractivity (Wildman–Crippen MR) is 55.1 cm³/mol. The average molecular weight is 220 g/mol. The third kappa shape index (κ3) is 1.13. The number of fused-ring (bicyclic) bond motifs is 1. The molecule has 1 aliphatic rings. The van der Waals surface area contributed by atoms with E-state index in [1.165, 1.54) is 0 Å². The minimum atomic E-state index is -0.706. The van der Waals surface area contributed by atoms with Gasteiger partial charge in [-0.2, -0.15) is 0 Å². The number of phenols is 2. The van der Waals surface area contributed by atoms with Crippen LogP contribution < -0.4 is 11.5 Å². The highest BCUT2D eigenvalue weighted by molar-refractivity contribution is 6.26. The van der Waals surface area contributed by atoms with E-state index in [0.717, 1.165) is 12.1 Å². The van der Waals surface area contributed by atoms with E-state index in [1.807, 2.05) is 0 Å². The lowest BCUT2D eigenvalue weighted by Crippen LogP contribution is -2.22. The van der Waals surface area contributed by atoms with Crippen molar-refractivity contribution in [1.82, 2.24) is 0 Å². The van der Waals surface area contributed by atoms with Gasteiger partial charge in [-0.1, -0.05) is 0 Å². The molecule has 1 aliphatic carbocycles. The van der Waals surface area contributed by atoms with Gasteiger partial charge in [0.25, 0.3) is 0 Å². The van der Waals surface area contributed by atoms with Gasteiger partial charge < -0.3 is 21.7 Å². The van der Waals surface area contributed by atoms with Crippen LogP contribution in [0.15, 0.2) is 17.8 Å². The normalized spacial score (nSPS) is 14.6. The van der Waals surface area contributed by atoms with Crippen molar-refractivity contribution in [1.29, 1.82) is 0 Å². The fourth-order valence-corrected chi connectivity index (χ4v) is 1.57. The van der Waals surface area contributed by atoms with Crippen molar-refractivity contribution in [2.24, 2.45) is 5.73 Å². The Labute approximate surface area is 89.8 Å². The number of Topliss-reactive ketones (excluding diaryl/α,β-unsaturated/α-hetero) is 1. The molecule has 0 aliphatic heterocycles. The molecule has 6 nitrogen and oxygen atoms in total. The first-order valence-corrected chi connectivity index (χ1v) is 4.34. The van der Waals surface area contributed by atoms with Gasteiger partial charge in [0.05, 0.1) is 22.5 Å². The molecule has 0 bridgehead atoms. The van der Waals surface area contributed by atoms with E-state index in [2.05, 4.69) is 0 Å². The first-order chi connectivity index (χ1) is 7.43. The van der Waals surface area contributed by atoms with Gasteiger partial charge in [0.2, 0.25) is 5.78 Å². The van der Waals surface area contributed by atoms with Gasteiger partial charge in [-0.15, -0.1) is 0 Å². The SMILES string of the molecule is NC1=CC(=O)c2c(O)c(N)cc(O)c2C1=O. The molecule has 16 heavy (non-hydrogen) atoms. The second-order valence-electron chi connectivity index (χ2n) is 3.38. The van der Waals surface area contributed by atoms with Crippen molar-refractivity contribution in [3.8, 4) is 11.5 Å². The highest BCUT2D eigenvalue weighted by Gasteiger charge is 2.31. The molecule has 0 spiro atoms. The summed E-state index contributed by atoms with van der Waals surface area (Å²) >= 11 is 0. The maximum Gasteiger partial charge on any atom is 0.213 e. The molecule has 0 radical (unpaired) electrons. The number of hydrogen-bond donors (Lipinski definition) is 4. The average Bonchev–Trinajstić information content (AvgIpc) is 2.20. The zero-order valence-corrected chi connectivity index (χ0v) is 8.02. The summed E-state index contributed by atoms with van der Waals surface area (Å²) in [4.78, 5) is 23.1. The Morgan fingerprint density at radius 1 is 1.06 bits per heavy atom. The van der Waals surface area contributed by atoms with Crippen molar-refractivity contribution < 1.29 is 19.8 Å². The second kappa shape index (κ2) is 2.99. The van der Waals surface area contributed by atoms with Crippen LogP contribution in [0.5, 0.6) is 11.5 Å². The molecule has 1 aromatic rings. The molecule has 1 aromatic carbocycles. The maximum atomic E-state index is 11.6. The van der Waals surface area contributed by atoms with Gasteiger partial charge in [-0.3, -0.25) is 9.59 Å². The number of benzene rings is 1. The molecular formula is C10H8N2O4. The number of rotatable bonds is 0. The first kappa shape index (κ1) is 10.0. The summed E-state index contributed by atoms with van der Waals surface area (Å²) in [6.07, 6.45) is 0.892. The van der Waals surface area contributed by atoms with Crippen LogP contribution in [0.2, 0.25) is 0 Å². The van der Waals surface area contributed by atoms with E-state index in [0.29, 0.717) is 0 Å². The molecule has 0 saturated carbocycles. The Morgan fingerprint density at radius 2 is 1.69 bits per heavy atom.